The second kappa shape index (κ2) is 6.65. The fraction of sp³-hybridized carbons (Fsp3) is 0. The Morgan fingerprint density at radius 2 is 1.40 bits per heavy atom. The Balaban J connectivity index is 1.63. The molecule has 6 rings (SSSR count). The summed E-state index contributed by atoms with van der Waals surface area (Å²) in [6.07, 6.45) is 0. The molecule has 0 saturated carbocycles. The van der Waals surface area contributed by atoms with E-state index < -0.39 is 0 Å². The molecule has 6 aromatic rings. The average Bonchev–Trinajstić information content (AvgIpc) is 3.19. The van der Waals surface area contributed by atoms with Crippen LogP contribution in [-0.4, -0.2) is 12.7 Å². The van der Waals surface area contributed by atoms with Gasteiger partial charge in [0, 0.05) is 10.8 Å². The van der Waals surface area contributed by atoms with E-state index in [1.165, 1.54) is 10.8 Å². The number of fused-ring (bicyclic) bond motifs is 6. The van der Waals surface area contributed by atoms with Crippen molar-refractivity contribution in [1.29, 1.82) is 0 Å². The van der Waals surface area contributed by atoms with Gasteiger partial charge in [0.05, 0.1) is 0 Å². The van der Waals surface area contributed by atoms with E-state index in [2.05, 4.69) is 60.7 Å². The second-order valence-electron chi connectivity index (χ2n) is 7.40. The number of rotatable bonds is 3. The molecule has 5 aromatic carbocycles. The van der Waals surface area contributed by atoms with Crippen LogP contribution in [0.15, 0.2) is 95.4 Å². The van der Waals surface area contributed by atoms with E-state index in [0.29, 0.717) is 19.0 Å². The largest absolute Gasteiger partial charge is 0.569 e. The predicted octanol–water partition coefficient (Wildman–Crippen LogP) is 6.46. The zero-order chi connectivity index (χ0) is 20.1. The second-order valence-corrected chi connectivity index (χ2v) is 7.40. The number of furan rings is 1. The Bertz CT molecular complexity index is 1570. The van der Waals surface area contributed by atoms with Crippen molar-refractivity contribution in [2.24, 2.45) is 0 Å². The molecule has 0 bridgehead atoms. The van der Waals surface area contributed by atoms with E-state index in [1.54, 1.807) is 0 Å². The highest BCUT2D eigenvalue weighted by atomic mass is 16.5. The maximum Gasteiger partial charge on any atom is 0.569 e. The van der Waals surface area contributed by atoms with Crippen LogP contribution in [0.4, 0.5) is 0 Å². The fourth-order valence-corrected chi connectivity index (χ4v) is 4.30. The first-order valence-electron chi connectivity index (χ1n) is 9.81. The van der Waals surface area contributed by atoms with Gasteiger partial charge in [0.25, 0.3) is 0 Å². The number of hydrogen-bond acceptors (Lipinski definition) is 3. The molecule has 0 saturated heterocycles. The molecule has 0 aliphatic heterocycles. The van der Waals surface area contributed by atoms with Crippen LogP contribution in [0.3, 0.4) is 0 Å². The minimum atomic E-state index is 0.492. The molecule has 1 N–H and O–H groups in total. The van der Waals surface area contributed by atoms with Gasteiger partial charge < -0.3 is 14.1 Å². The molecule has 30 heavy (non-hydrogen) atoms. The van der Waals surface area contributed by atoms with E-state index >= 15 is 0 Å². The molecule has 0 aliphatic rings. The Kier molecular flexibility index (Phi) is 3.80. The van der Waals surface area contributed by atoms with Crippen LogP contribution < -0.4 is 4.65 Å². The maximum absolute atomic E-state index is 9.27. The zero-order valence-corrected chi connectivity index (χ0v) is 16.0. The van der Waals surface area contributed by atoms with E-state index in [-0.39, 0.29) is 0 Å². The third-order valence-corrected chi connectivity index (χ3v) is 5.69. The van der Waals surface area contributed by atoms with Crippen LogP contribution in [0.5, 0.6) is 5.75 Å². The summed E-state index contributed by atoms with van der Waals surface area (Å²) < 4.78 is 11.4. The first-order chi connectivity index (χ1) is 14.8. The third-order valence-electron chi connectivity index (χ3n) is 5.69. The van der Waals surface area contributed by atoms with E-state index in [9.17, 15) is 5.02 Å². The van der Waals surface area contributed by atoms with Crippen molar-refractivity contribution in [1.82, 2.24) is 0 Å². The highest BCUT2D eigenvalue weighted by Crippen LogP contribution is 2.41. The van der Waals surface area contributed by atoms with Gasteiger partial charge in [-0.25, -0.2) is 0 Å². The third kappa shape index (κ3) is 2.58. The summed E-state index contributed by atoms with van der Waals surface area (Å²) >= 11 is 0. The molecule has 1 radical (unpaired) electrons. The molecule has 0 atom stereocenters. The van der Waals surface area contributed by atoms with Gasteiger partial charge >= 0.3 is 7.69 Å². The Morgan fingerprint density at radius 1 is 0.667 bits per heavy atom. The Morgan fingerprint density at radius 3 is 2.27 bits per heavy atom. The summed E-state index contributed by atoms with van der Waals surface area (Å²) in [5, 5.41) is 15.8. The monoisotopic (exact) mass is 387 g/mol. The first-order valence-corrected chi connectivity index (χ1v) is 9.81. The van der Waals surface area contributed by atoms with Crippen molar-refractivity contribution in [3.8, 4) is 16.9 Å². The van der Waals surface area contributed by atoms with Gasteiger partial charge in [-0.3, -0.25) is 0 Å². The summed E-state index contributed by atoms with van der Waals surface area (Å²) in [6, 6.07) is 31.2. The van der Waals surface area contributed by atoms with Crippen molar-refractivity contribution in [2.75, 3.05) is 0 Å². The lowest BCUT2D eigenvalue weighted by molar-refractivity contribution is 0.451. The molecule has 1 aromatic heterocycles. The van der Waals surface area contributed by atoms with Crippen LogP contribution in [0.1, 0.15) is 0 Å². The molecule has 0 amide bonds. The summed E-state index contributed by atoms with van der Waals surface area (Å²) in [7, 11) is 0.695. The highest BCUT2D eigenvalue weighted by molar-refractivity contribution is 6.23. The average molecular weight is 387 g/mol. The molecule has 0 fully saturated rings. The molecule has 0 spiro atoms. The van der Waals surface area contributed by atoms with Gasteiger partial charge in [-0.05, 0) is 56.9 Å². The van der Waals surface area contributed by atoms with E-state index in [4.69, 9.17) is 9.07 Å². The topological polar surface area (TPSA) is 42.6 Å². The molecule has 1 heterocycles. The van der Waals surface area contributed by atoms with Crippen LogP contribution >= 0.6 is 0 Å². The quantitative estimate of drug-likeness (QED) is 0.354. The lowest BCUT2D eigenvalue weighted by Gasteiger charge is -2.09. The lowest BCUT2D eigenvalue weighted by atomic mass is 9.96. The van der Waals surface area contributed by atoms with Crippen LogP contribution in [0.2, 0.25) is 0 Å². The minimum Gasteiger partial charge on any atom is -0.535 e. The van der Waals surface area contributed by atoms with Crippen LogP contribution in [-0.2, 0) is 0 Å². The minimum absolute atomic E-state index is 0.492. The normalized spacial score (nSPS) is 11.5. The zero-order valence-electron chi connectivity index (χ0n) is 16.0. The van der Waals surface area contributed by atoms with Crippen molar-refractivity contribution in [3.63, 3.8) is 0 Å². The van der Waals surface area contributed by atoms with Crippen LogP contribution in [0, 0.1) is 0 Å². The summed E-state index contributed by atoms with van der Waals surface area (Å²) in [5.74, 6) is 0.492. The summed E-state index contributed by atoms with van der Waals surface area (Å²) in [6.45, 7) is 0. The van der Waals surface area contributed by atoms with Gasteiger partial charge in [-0.2, -0.15) is 0 Å². The lowest BCUT2D eigenvalue weighted by Crippen LogP contribution is -2.00. The Labute approximate surface area is 173 Å². The molecule has 141 valence electrons. The van der Waals surface area contributed by atoms with Gasteiger partial charge in [0.1, 0.15) is 11.3 Å². The van der Waals surface area contributed by atoms with Crippen molar-refractivity contribution < 1.29 is 14.1 Å². The summed E-state index contributed by atoms with van der Waals surface area (Å²) in [4.78, 5) is 0. The van der Waals surface area contributed by atoms with Crippen molar-refractivity contribution >= 4 is 51.2 Å². The molecule has 3 nitrogen and oxygen atoms in total. The molecule has 0 aliphatic carbocycles. The summed E-state index contributed by atoms with van der Waals surface area (Å²) in [5.41, 5.74) is 3.71. The number of benzene rings is 5. The van der Waals surface area contributed by atoms with Gasteiger partial charge in [0.15, 0.2) is 5.58 Å². The number of para-hydroxylation sites is 1. The SMILES string of the molecule is O[B]Oc1cc2cc(-c3ccc4ccccc4c3)ccc2c2c1oc1ccccc12. The van der Waals surface area contributed by atoms with E-state index in [0.717, 1.165) is 38.3 Å². The fourth-order valence-electron chi connectivity index (χ4n) is 4.30. The molecular weight excluding hydrogens is 371 g/mol. The van der Waals surface area contributed by atoms with Gasteiger partial charge in [-0.15, -0.1) is 0 Å². The van der Waals surface area contributed by atoms with E-state index in [1.807, 2.05) is 30.3 Å². The van der Waals surface area contributed by atoms with Crippen molar-refractivity contribution in [2.45, 2.75) is 0 Å². The Hall–Kier alpha value is -3.76. The predicted molar refractivity (Wildman–Crippen MR) is 123 cm³/mol. The molecule has 0 unspecified atom stereocenters. The first kappa shape index (κ1) is 17.1. The maximum atomic E-state index is 9.27. The standard InChI is InChI=1S/C26H16BO3/c28-27-30-24-15-20-14-19(18-10-9-16-5-1-2-6-17(16)13-18)11-12-21(20)25-22-7-3-4-8-23(22)29-26(24)25/h1-15,28H. The molecular formula is C26H16BO3. The smallest absolute Gasteiger partial charge is 0.535 e. The highest BCUT2D eigenvalue weighted by Gasteiger charge is 2.16. The van der Waals surface area contributed by atoms with Gasteiger partial charge in [0.2, 0.25) is 0 Å². The van der Waals surface area contributed by atoms with Crippen molar-refractivity contribution in [3.05, 3.63) is 91.0 Å². The van der Waals surface area contributed by atoms with Gasteiger partial charge in [-0.1, -0.05) is 66.7 Å². The van der Waals surface area contributed by atoms with Crippen LogP contribution in [0.25, 0.3) is 54.6 Å². The molecule has 4 heteroatoms. The number of hydrogen-bond donors (Lipinski definition) is 1.